The Morgan fingerprint density at radius 2 is 1.91 bits per heavy atom. The highest BCUT2D eigenvalue weighted by molar-refractivity contribution is 8.00. The number of nitrogens with one attached hydrogen (secondary N) is 1. The van der Waals surface area contributed by atoms with Crippen molar-refractivity contribution in [2.75, 3.05) is 11.6 Å². The number of hydrogen-bond donors (Lipinski definition) is 1. The van der Waals surface area contributed by atoms with Crippen molar-refractivity contribution in [1.29, 1.82) is 0 Å². The van der Waals surface area contributed by atoms with Crippen LogP contribution >= 0.6 is 11.8 Å². The van der Waals surface area contributed by atoms with E-state index in [0.29, 0.717) is 16.6 Å². The average Bonchev–Trinajstić information content (AvgIpc) is 3.06. The summed E-state index contributed by atoms with van der Waals surface area (Å²) in [6.45, 7) is 2.01. The highest BCUT2D eigenvalue weighted by Crippen LogP contribution is 2.35. The van der Waals surface area contributed by atoms with E-state index < -0.39 is 9.84 Å². The molecule has 1 saturated carbocycles. The van der Waals surface area contributed by atoms with Gasteiger partial charge in [-0.25, -0.2) is 13.4 Å². The number of anilines is 1. The predicted molar refractivity (Wildman–Crippen MR) is 131 cm³/mol. The number of fused-ring (bicyclic) bond motifs is 1. The Labute approximate surface area is 193 Å². The van der Waals surface area contributed by atoms with Gasteiger partial charge in [-0.2, -0.15) is 0 Å². The molecule has 1 aliphatic carbocycles. The number of aryl methyl sites for hydroxylation is 1. The molecule has 0 saturated heterocycles. The summed E-state index contributed by atoms with van der Waals surface area (Å²) in [6, 6.07) is 13.5. The van der Waals surface area contributed by atoms with E-state index >= 15 is 0 Å². The highest BCUT2D eigenvalue weighted by atomic mass is 32.2. The van der Waals surface area contributed by atoms with E-state index in [4.69, 9.17) is 0 Å². The van der Waals surface area contributed by atoms with Gasteiger partial charge in [0.15, 0.2) is 9.84 Å². The quantitative estimate of drug-likeness (QED) is 0.527. The summed E-state index contributed by atoms with van der Waals surface area (Å²) in [7, 11) is -3.28. The van der Waals surface area contributed by atoms with E-state index in [0.717, 1.165) is 16.8 Å². The van der Waals surface area contributed by atoms with Crippen LogP contribution in [0.15, 0.2) is 47.4 Å². The van der Waals surface area contributed by atoms with E-state index in [1.165, 1.54) is 43.3 Å². The number of amides is 1. The lowest BCUT2D eigenvalue weighted by atomic mass is 10.0. The van der Waals surface area contributed by atoms with Gasteiger partial charge in [0.2, 0.25) is 5.91 Å². The van der Waals surface area contributed by atoms with Crippen molar-refractivity contribution in [2.45, 2.75) is 61.5 Å². The SMILES string of the molecule is Cc1cc(SC2CCCCC2)ccc1NC(=O)Cn1c(CS(C)(=O)=O)nc2ccccc21. The van der Waals surface area contributed by atoms with Gasteiger partial charge in [0, 0.05) is 22.1 Å². The van der Waals surface area contributed by atoms with Gasteiger partial charge in [-0.15, -0.1) is 11.8 Å². The first-order chi connectivity index (χ1) is 15.3. The Kier molecular flexibility index (Phi) is 6.90. The Hall–Kier alpha value is -2.32. The molecule has 1 aromatic heterocycles. The van der Waals surface area contributed by atoms with Crippen LogP contribution < -0.4 is 5.32 Å². The zero-order valence-electron chi connectivity index (χ0n) is 18.5. The molecule has 0 atom stereocenters. The zero-order valence-corrected chi connectivity index (χ0v) is 20.1. The highest BCUT2D eigenvalue weighted by Gasteiger charge is 2.18. The lowest BCUT2D eigenvalue weighted by Gasteiger charge is -2.21. The summed E-state index contributed by atoms with van der Waals surface area (Å²) in [5.74, 6) is -0.0420. The fourth-order valence-electron chi connectivity index (χ4n) is 4.21. The standard InChI is InChI=1S/C24H29N3O3S2/c1-17-14-19(31-18-8-4-3-5-9-18)12-13-20(17)26-24(28)15-27-22-11-7-6-10-21(22)25-23(27)16-32(2,29)30/h6-7,10-14,18H,3-5,8-9,15-16H2,1-2H3,(H,26,28). The third kappa shape index (κ3) is 5.72. The first kappa shape index (κ1) is 22.9. The van der Waals surface area contributed by atoms with E-state index in [1.54, 1.807) is 4.57 Å². The van der Waals surface area contributed by atoms with Crippen molar-refractivity contribution in [3.8, 4) is 0 Å². The summed E-state index contributed by atoms with van der Waals surface area (Å²) >= 11 is 1.94. The van der Waals surface area contributed by atoms with Gasteiger partial charge in [0.25, 0.3) is 0 Å². The number of carbonyl (C=O) groups excluding carboxylic acids is 1. The number of aromatic nitrogens is 2. The van der Waals surface area contributed by atoms with Gasteiger partial charge in [-0.1, -0.05) is 31.4 Å². The minimum absolute atomic E-state index is 0.00336. The molecular formula is C24H29N3O3S2. The van der Waals surface area contributed by atoms with Gasteiger partial charge in [0.1, 0.15) is 18.1 Å². The summed E-state index contributed by atoms with van der Waals surface area (Å²) in [5.41, 5.74) is 3.22. The monoisotopic (exact) mass is 471 g/mol. The number of sulfone groups is 1. The summed E-state index contributed by atoms with van der Waals surface area (Å²) in [6.07, 6.45) is 7.70. The van der Waals surface area contributed by atoms with Crippen LogP contribution in [-0.2, 0) is 26.9 Å². The van der Waals surface area contributed by atoms with Gasteiger partial charge in [0.05, 0.1) is 11.0 Å². The Morgan fingerprint density at radius 3 is 2.62 bits per heavy atom. The van der Waals surface area contributed by atoms with Crippen LogP contribution in [0.4, 0.5) is 5.69 Å². The third-order valence-electron chi connectivity index (χ3n) is 5.75. The maximum Gasteiger partial charge on any atom is 0.244 e. The van der Waals surface area contributed by atoms with Crippen molar-refractivity contribution >= 4 is 44.2 Å². The molecule has 8 heteroatoms. The molecule has 32 heavy (non-hydrogen) atoms. The zero-order chi connectivity index (χ0) is 22.7. The Balaban J connectivity index is 1.49. The molecule has 0 spiro atoms. The molecule has 3 aromatic rings. The van der Waals surface area contributed by atoms with E-state index in [9.17, 15) is 13.2 Å². The van der Waals surface area contributed by atoms with Crippen LogP contribution in [0.5, 0.6) is 0 Å². The second-order valence-electron chi connectivity index (χ2n) is 8.58. The van der Waals surface area contributed by atoms with E-state index in [2.05, 4.69) is 22.4 Å². The van der Waals surface area contributed by atoms with E-state index in [-0.39, 0.29) is 18.2 Å². The van der Waals surface area contributed by atoms with Crippen molar-refractivity contribution in [3.63, 3.8) is 0 Å². The fourth-order valence-corrected chi connectivity index (χ4v) is 6.24. The number of carbonyl (C=O) groups is 1. The number of benzene rings is 2. The number of thioether (sulfide) groups is 1. The minimum atomic E-state index is -3.28. The van der Waals surface area contributed by atoms with Crippen LogP contribution in [0.1, 0.15) is 43.5 Å². The molecule has 2 aromatic carbocycles. The van der Waals surface area contributed by atoms with E-state index in [1.807, 2.05) is 49.0 Å². The molecule has 6 nitrogen and oxygen atoms in total. The maximum absolute atomic E-state index is 12.9. The van der Waals surface area contributed by atoms with Crippen molar-refractivity contribution in [3.05, 3.63) is 53.9 Å². The van der Waals surface area contributed by atoms with Gasteiger partial charge in [-0.3, -0.25) is 4.79 Å². The molecule has 1 N–H and O–H groups in total. The third-order valence-corrected chi connectivity index (χ3v) is 7.87. The first-order valence-corrected chi connectivity index (χ1v) is 13.9. The normalized spacial score (nSPS) is 15.2. The van der Waals surface area contributed by atoms with Crippen LogP contribution in [0.25, 0.3) is 11.0 Å². The summed E-state index contributed by atoms with van der Waals surface area (Å²) < 4.78 is 25.4. The fraction of sp³-hybridized carbons (Fsp3) is 0.417. The molecule has 1 heterocycles. The molecule has 0 radical (unpaired) electrons. The van der Waals surface area contributed by atoms with Crippen molar-refractivity contribution < 1.29 is 13.2 Å². The smallest absolute Gasteiger partial charge is 0.244 e. The number of rotatable bonds is 7. The second kappa shape index (κ2) is 9.67. The van der Waals surface area contributed by atoms with Gasteiger partial charge < -0.3 is 9.88 Å². The lowest BCUT2D eigenvalue weighted by Crippen LogP contribution is -2.21. The van der Waals surface area contributed by atoms with Gasteiger partial charge >= 0.3 is 0 Å². The molecule has 0 bridgehead atoms. The summed E-state index contributed by atoms with van der Waals surface area (Å²) in [5, 5.41) is 3.67. The first-order valence-electron chi connectivity index (χ1n) is 11.0. The van der Waals surface area contributed by atoms with Gasteiger partial charge in [-0.05, 0) is 55.7 Å². The largest absolute Gasteiger partial charge is 0.324 e. The Bertz CT molecular complexity index is 1230. The number of para-hydroxylation sites is 2. The minimum Gasteiger partial charge on any atom is -0.324 e. The molecule has 1 fully saturated rings. The molecule has 0 aliphatic heterocycles. The summed E-state index contributed by atoms with van der Waals surface area (Å²) in [4.78, 5) is 18.6. The molecule has 0 unspecified atom stereocenters. The number of imidazole rings is 1. The Morgan fingerprint density at radius 1 is 1.16 bits per heavy atom. The topological polar surface area (TPSA) is 81.1 Å². The molecule has 4 rings (SSSR count). The molecular weight excluding hydrogens is 442 g/mol. The van der Waals surface area contributed by atoms with Crippen LogP contribution in [0.2, 0.25) is 0 Å². The predicted octanol–water partition coefficient (Wildman–Crippen LogP) is 4.95. The maximum atomic E-state index is 12.9. The lowest BCUT2D eigenvalue weighted by molar-refractivity contribution is -0.116. The molecule has 1 amide bonds. The average molecular weight is 472 g/mol. The van der Waals surface area contributed by atoms with Crippen molar-refractivity contribution in [1.82, 2.24) is 9.55 Å². The molecule has 1 aliphatic rings. The molecule has 170 valence electrons. The number of nitrogens with zero attached hydrogens (tertiary/aromatic N) is 2. The number of hydrogen-bond acceptors (Lipinski definition) is 5. The van der Waals surface area contributed by atoms with Crippen LogP contribution in [0.3, 0.4) is 0 Å². The second-order valence-corrected chi connectivity index (χ2v) is 12.1. The van der Waals surface area contributed by atoms with Crippen LogP contribution in [0, 0.1) is 6.92 Å². The van der Waals surface area contributed by atoms with Crippen molar-refractivity contribution in [2.24, 2.45) is 0 Å². The van der Waals surface area contributed by atoms with Crippen LogP contribution in [-0.4, -0.2) is 35.4 Å².